The topological polar surface area (TPSA) is 29.1 Å². The van der Waals surface area contributed by atoms with Gasteiger partial charge in [0.15, 0.2) is 0 Å². The van der Waals surface area contributed by atoms with E-state index in [0.717, 1.165) is 66.4 Å². The monoisotopic (exact) mass is 561 g/mol. The van der Waals surface area contributed by atoms with E-state index in [-0.39, 0.29) is 0 Å². The molecule has 8 atom stereocenters. The highest BCUT2D eigenvalue weighted by Gasteiger charge is 2.60. The molecule has 1 heterocycles. The lowest BCUT2D eigenvalue weighted by Crippen LogP contribution is -2.58. The second-order valence-corrected chi connectivity index (χ2v) is 16.1. The second kappa shape index (κ2) is 12.0. The van der Waals surface area contributed by atoms with Gasteiger partial charge in [0.2, 0.25) is 5.91 Å². The Hall–Kier alpha value is -1.35. The number of nitrogens with zero attached hydrogens (tertiary/aromatic N) is 1. The maximum Gasteiger partial charge on any atom is 0.220 e. The van der Waals surface area contributed by atoms with Crippen LogP contribution in [0.25, 0.3) is 0 Å². The minimum absolute atomic E-state index is 0.309. The zero-order valence-electron chi connectivity index (χ0n) is 27.0. The summed E-state index contributed by atoms with van der Waals surface area (Å²) in [5.41, 5.74) is 2.60. The Kier molecular flexibility index (Phi) is 8.67. The summed E-state index contributed by atoms with van der Waals surface area (Å²) >= 11 is 0. The van der Waals surface area contributed by atoms with Gasteiger partial charge >= 0.3 is 0 Å². The number of para-hydroxylation sites is 1. The van der Waals surface area contributed by atoms with E-state index in [1.807, 2.05) is 0 Å². The van der Waals surface area contributed by atoms with Gasteiger partial charge in [-0.05, 0) is 123 Å². The van der Waals surface area contributed by atoms with E-state index in [1.54, 1.807) is 0 Å². The van der Waals surface area contributed by atoms with Crippen LogP contribution in [0.4, 0.5) is 5.69 Å². The number of nitrogens with one attached hydrogen (secondary N) is 1. The van der Waals surface area contributed by atoms with Crippen LogP contribution in [-0.4, -0.2) is 31.6 Å². The molecule has 0 bridgehead atoms. The number of fused-ring (bicyclic) bond motifs is 5. The molecule has 1 saturated heterocycles. The van der Waals surface area contributed by atoms with Crippen LogP contribution >= 0.6 is 0 Å². The van der Waals surface area contributed by atoms with E-state index < -0.39 is 0 Å². The van der Waals surface area contributed by atoms with Gasteiger partial charge in [-0.2, -0.15) is 0 Å². The number of quaternary nitrogens is 1. The first-order chi connectivity index (χ1) is 19.8. The van der Waals surface area contributed by atoms with Crippen molar-refractivity contribution < 1.29 is 4.79 Å². The zero-order chi connectivity index (χ0) is 28.7. The number of amides is 1. The third-order valence-corrected chi connectivity index (χ3v) is 14.3. The molecule has 3 nitrogen and oxygen atoms in total. The largest absolute Gasteiger partial charge is 0.353 e. The van der Waals surface area contributed by atoms with Gasteiger partial charge in [-0.25, -0.2) is 0 Å². The molecule has 0 radical (unpaired) electrons. The lowest BCUT2D eigenvalue weighted by Gasteiger charge is -2.61. The van der Waals surface area contributed by atoms with Crippen molar-refractivity contribution in [1.82, 2.24) is 9.80 Å². The van der Waals surface area contributed by atoms with Gasteiger partial charge in [0.1, 0.15) is 5.69 Å². The Balaban J connectivity index is 1.01. The molecular weight excluding hydrogens is 500 g/mol. The molecule has 2 unspecified atom stereocenters. The van der Waals surface area contributed by atoms with Crippen molar-refractivity contribution in [2.75, 3.05) is 19.6 Å². The molecule has 1 N–H and O–H groups in total. The molecule has 5 fully saturated rings. The maximum atomic E-state index is 13.2. The van der Waals surface area contributed by atoms with Gasteiger partial charge in [-0.3, -0.25) is 9.28 Å². The van der Waals surface area contributed by atoms with Crippen molar-refractivity contribution in [3.05, 3.63) is 30.3 Å². The predicted molar refractivity (Wildman–Crippen MR) is 173 cm³/mol. The second-order valence-electron chi connectivity index (χ2n) is 16.1. The van der Waals surface area contributed by atoms with Crippen molar-refractivity contribution in [2.24, 2.45) is 46.3 Å². The summed E-state index contributed by atoms with van der Waals surface area (Å²) in [6, 6.07) is 11.4. The molecule has 4 aliphatic carbocycles. The Bertz CT molecular complexity index is 1030. The van der Waals surface area contributed by atoms with E-state index in [9.17, 15) is 4.79 Å². The summed E-state index contributed by atoms with van der Waals surface area (Å²) < 4.78 is 1.09. The molecule has 1 aliphatic heterocycles. The number of carbonyl (C=O) groups excluding carboxylic acids is 1. The van der Waals surface area contributed by atoms with Gasteiger partial charge < -0.3 is 5.32 Å². The molecule has 5 aliphatic rings. The third kappa shape index (κ3) is 5.44. The third-order valence-electron chi connectivity index (χ3n) is 14.3. The molecule has 1 amide bonds. The van der Waals surface area contributed by atoms with Crippen molar-refractivity contribution in [3.63, 3.8) is 0 Å². The van der Waals surface area contributed by atoms with Gasteiger partial charge in [-0.15, -0.1) is 0 Å². The van der Waals surface area contributed by atoms with Crippen LogP contribution in [0.5, 0.6) is 0 Å². The SMILES string of the molecule is CCC[N+]1(c2ccccc2)CCC(NC(=O)CCC(C)[C@H]2CC[C@H]3[C@@H]4CCC5CCCC[C@]5(C)[C@H]4CC[C@]23C)CC1. The molecular formula is C38H61N2O+. The number of piperidine rings is 1. The normalized spacial score (nSPS) is 42.9. The smallest absolute Gasteiger partial charge is 0.220 e. The first-order valence-electron chi connectivity index (χ1n) is 18.0. The number of hydrogen-bond donors (Lipinski definition) is 1. The minimum atomic E-state index is 0.309. The highest BCUT2D eigenvalue weighted by atomic mass is 16.1. The van der Waals surface area contributed by atoms with Gasteiger partial charge in [0, 0.05) is 25.3 Å². The van der Waals surface area contributed by atoms with Gasteiger partial charge in [0.25, 0.3) is 0 Å². The minimum Gasteiger partial charge on any atom is -0.353 e. The average Bonchev–Trinajstić information content (AvgIpc) is 3.34. The first-order valence-corrected chi connectivity index (χ1v) is 18.0. The van der Waals surface area contributed by atoms with Gasteiger partial charge in [-0.1, -0.05) is 58.7 Å². The summed E-state index contributed by atoms with van der Waals surface area (Å²) in [5, 5.41) is 3.48. The number of hydrogen-bond acceptors (Lipinski definition) is 1. The highest BCUT2D eigenvalue weighted by molar-refractivity contribution is 5.76. The van der Waals surface area contributed by atoms with Crippen LogP contribution in [0.15, 0.2) is 30.3 Å². The fraction of sp³-hybridized carbons (Fsp3) is 0.816. The fourth-order valence-electron chi connectivity index (χ4n) is 12.1. The number of carbonyl (C=O) groups is 1. The molecule has 0 aromatic heterocycles. The molecule has 1 aromatic carbocycles. The molecule has 3 heteroatoms. The van der Waals surface area contributed by atoms with Crippen LogP contribution in [0.3, 0.4) is 0 Å². The van der Waals surface area contributed by atoms with Crippen LogP contribution in [0.1, 0.15) is 124 Å². The van der Waals surface area contributed by atoms with E-state index in [1.165, 1.54) is 82.9 Å². The molecule has 0 spiro atoms. The van der Waals surface area contributed by atoms with Crippen molar-refractivity contribution >= 4 is 11.6 Å². The van der Waals surface area contributed by atoms with Crippen molar-refractivity contribution in [1.29, 1.82) is 0 Å². The predicted octanol–water partition coefficient (Wildman–Crippen LogP) is 9.15. The summed E-state index contributed by atoms with van der Waals surface area (Å²) in [5.74, 6) is 5.71. The Morgan fingerprint density at radius 2 is 1.66 bits per heavy atom. The standard InChI is InChI=1S/C38H60N2O/c1-5-25-40(31-12-7-6-8-13-31)26-21-30(22-27-40)39-36(41)19-14-28(2)33-17-18-34-32-16-15-29-11-9-10-23-37(29,3)35(32)20-24-38(33,34)4/h6-8,12-13,28-30,32-35H,5,9-11,14-27H2,1-4H3/p+1/t28?,29?,30?,32-,33+,34-,35-,37-,38+,40?/m0/s1. The fourth-order valence-corrected chi connectivity index (χ4v) is 12.1. The van der Waals surface area contributed by atoms with Crippen molar-refractivity contribution in [3.8, 4) is 0 Å². The Morgan fingerprint density at radius 1 is 0.902 bits per heavy atom. The molecule has 1 aromatic rings. The van der Waals surface area contributed by atoms with Crippen LogP contribution < -0.4 is 9.80 Å². The highest BCUT2D eigenvalue weighted by Crippen LogP contribution is 2.68. The quantitative estimate of drug-likeness (QED) is 0.315. The summed E-state index contributed by atoms with van der Waals surface area (Å²) in [7, 11) is 0. The molecule has 6 rings (SSSR count). The number of benzene rings is 1. The van der Waals surface area contributed by atoms with Crippen LogP contribution in [0.2, 0.25) is 0 Å². The summed E-state index contributed by atoms with van der Waals surface area (Å²) in [6.45, 7) is 13.7. The van der Waals surface area contributed by atoms with Crippen LogP contribution in [-0.2, 0) is 4.79 Å². The lowest BCUT2D eigenvalue weighted by atomic mass is 9.44. The first kappa shape index (κ1) is 29.7. The maximum absolute atomic E-state index is 13.2. The van der Waals surface area contributed by atoms with E-state index in [0.29, 0.717) is 35.1 Å². The van der Waals surface area contributed by atoms with Crippen LogP contribution in [0, 0.1) is 46.3 Å². The zero-order valence-corrected chi connectivity index (χ0v) is 27.0. The lowest BCUT2D eigenvalue weighted by molar-refractivity contribution is -0.123. The Labute approximate surface area is 252 Å². The molecule has 228 valence electrons. The molecule has 41 heavy (non-hydrogen) atoms. The number of rotatable bonds is 8. The van der Waals surface area contributed by atoms with Gasteiger partial charge in [0.05, 0.1) is 19.6 Å². The summed E-state index contributed by atoms with van der Waals surface area (Å²) in [4.78, 5) is 13.2. The van der Waals surface area contributed by atoms with Crippen molar-refractivity contribution in [2.45, 2.75) is 130 Å². The van der Waals surface area contributed by atoms with E-state index in [2.05, 4.69) is 63.3 Å². The average molecular weight is 562 g/mol. The summed E-state index contributed by atoms with van der Waals surface area (Å²) in [6.07, 6.45) is 20.0. The van der Waals surface area contributed by atoms with E-state index in [4.69, 9.17) is 0 Å². The van der Waals surface area contributed by atoms with E-state index >= 15 is 0 Å². The Morgan fingerprint density at radius 3 is 2.41 bits per heavy atom. The molecule has 4 saturated carbocycles. The number of likely N-dealkylation sites (tertiary alicyclic amines) is 1.